The first-order chi connectivity index (χ1) is 19.2. The number of alkyl halides is 3. The van der Waals surface area contributed by atoms with Gasteiger partial charge in [0, 0.05) is 6.04 Å². The van der Waals surface area contributed by atoms with Crippen molar-refractivity contribution < 1.29 is 26.8 Å². The molecule has 0 bridgehead atoms. The van der Waals surface area contributed by atoms with Crippen molar-refractivity contribution in [2.45, 2.75) is 56.7 Å². The average molecular weight is 577 g/mol. The summed E-state index contributed by atoms with van der Waals surface area (Å²) in [6.45, 7) is 9.18. The highest BCUT2D eigenvalue weighted by atomic mass is 32.2. The summed E-state index contributed by atoms with van der Waals surface area (Å²) < 4.78 is 52.6. The Morgan fingerprint density at radius 1 is 1.15 bits per heavy atom. The third kappa shape index (κ3) is 7.33. The topological polar surface area (TPSA) is 102 Å². The SMILES string of the molecule is CCN(CC)CCCC(C)NC(=O)c1coc(CSc2nnc(-c3ccco3)n2-c2cccc(C(F)(F)F)c2)n1. The van der Waals surface area contributed by atoms with E-state index in [1.165, 1.54) is 29.2 Å². The van der Waals surface area contributed by atoms with E-state index >= 15 is 0 Å². The van der Waals surface area contributed by atoms with Gasteiger partial charge in [0.1, 0.15) is 6.26 Å². The number of furan rings is 1. The highest BCUT2D eigenvalue weighted by molar-refractivity contribution is 7.98. The van der Waals surface area contributed by atoms with E-state index in [-0.39, 0.29) is 40.8 Å². The number of nitrogens with zero attached hydrogens (tertiary/aromatic N) is 5. The third-order valence-corrected chi connectivity index (χ3v) is 7.21. The maximum absolute atomic E-state index is 13.4. The van der Waals surface area contributed by atoms with Crippen LogP contribution in [0.2, 0.25) is 0 Å². The fraction of sp³-hybridized carbons (Fsp3) is 0.407. The molecule has 1 aromatic carbocycles. The van der Waals surface area contributed by atoms with Gasteiger partial charge in [0.15, 0.2) is 16.6 Å². The highest BCUT2D eigenvalue weighted by Crippen LogP contribution is 2.34. The zero-order chi connectivity index (χ0) is 28.7. The van der Waals surface area contributed by atoms with Gasteiger partial charge in [-0.05, 0) is 69.7 Å². The number of benzene rings is 1. The summed E-state index contributed by atoms with van der Waals surface area (Å²) in [6.07, 6.45) is 0.0285. The first-order valence-electron chi connectivity index (χ1n) is 13.0. The Balaban J connectivity index is 1.44. The lowest BCUT2D eigenvalue weighted by molar-refractivity contribution is -0.137. The predicted molar refractivity (Wildman–Crippen MR) is 144 cm³/mol. The second kappa shape index (κ2) is 13.2. The molecule has 3 heterocycles. The van der Waals surface area contributed by atoms with E-state index in [4.69, 9.17) is 8.83 Å². The first kappa shape index (κ1) is 29.4. The van der Waals surface area contributed by atoms with Gasteiger partial charge in [-0.3, -0.25) is 9.36 Å². The number of hydrogen-bond acceptors (Lipinski definition) is 8. The molecule has 0 aliphatic carbocycles. The van der Waals surface area contributed by atoms with Gasteiger partial charge in [-0.25, -0.2) is 4.98 Å². The lowest BCUT2D eigenvalue weighted by Gasteiger charge is -2.19. The maximum atomic E-state index is 13.4. The minimum absolute atomic E-state index is 0.0244. The van der Waals surface area contributed by atoms with E-state index in [2.05, 4.69) is 39.2 Å². The van der Waals surface area contributed by atoms with Crippen LogP contribution in [-0.4, -0.2) is 56.2 Å². The van der Waals surface area contributed by atoms with Crippen molar-refractivity contribution in [1.29, 1.82) is 0 Å². The van der Waals surface area contributed by atoms with Crippen LogP contribution in [0.4, 0.5) is 13.2 Å². The zero-order valence-corrected chi connectivity index (χ0v) is 23.3. The number of nitrogens with one attached hydrogen (secondary N) is 1. The summed E-state index contributed by atoms with van der Waals surface area (Å²) in [5.41, 5.74) is -0.427. The van der Waals surface area contributed by atoms with Crippen molar-refractivity contribution in [1.82, 2.24) is 30.0 Å². The summed E-state index contributed by atoms with van der Waals surface area (Å²) in [7, 11) is 0. The molecular formula is C27H31F3N6O3S. The van der Waals surface area contributed by atoms with Crippen molar-refractivity contribution in [3.05, 3.63) is 66.1 Å². The molecule has 214 valence electrons. The fourth-order valence-corrected chi connectivity index (χ4v) is 4.93. The number of rotatable bonds is 13. The summed E-state index contributed by atoms with van der Waals surface area (Å²) in [6, 6.07) is 8.15. The maximum Gasteiger partial charge on any atom is 0.416 e. The summed E-state index contributed by atoms with van der Waals surface area (Å²) >= 11 is 1.16. The number of carbonyl (C=O) groups excluding carboxylic acids is 1. The molecule has 1 amide bonds. The van der Waals surface area contributed by atoms with Gasteiger partial charge < -0.3 is 19.1 Å². The van der Waals surface area contributed by atoms with Crippen molar-refractivity contribution in [3.8, 4) is 17.3 Å². The Hall–Kier alpha value is -3.58. The van der Waals surface area contributed by atoms with Crippen LogP contribution in [-0.2, 0) is 11.9 Å². The molecule has 0 saturated heterocycles. The van der Waals surface area contributed by atoms with Gasteiger partial charge in [-0.1, -0.05) is 31.7 Å². The molecule has 1 N–H and O–H groups in total. The van der Waals surface area contributed by atoms with E-state index in [0.29, 0.717) is 10.9 Å². The Kier molecular flexibility index (Phi) is 9.69. The smallest absolute Gasteiger partial charge is 0.416 e. The highest BCUT2D eigenvalue weighted by Gasteiger charge is 2.31. The van der Waals surface area contributed by atoms with E-state index in [9.17, 15) is 18.0 Å². The molecule has 13 heteroatoms. The molecule has 0 spiro atoms. The average Bonchev–Trinajstić information content (AvgIpc) is 3.70. The lowest BCUT2D eigenvalue weighted by atomic mass is 10.1. The van der Waals surface area contributed by atoms with Crippen LogP contribution in [0.25, 0.3) is 17.3 Å². The summed E-state index contributed by atoms with van der Waals surface area (Å²) in [5.74, 6) is 0.694. The Morgan fingerprint density at radius 3 is 2.65 bits per heavy atom. The van der Waals surface area contributed by atoms with E-state index in [0.717, 1.165) is 56.4 Å². The zero-order valence-electron chi connectivity index (χ0n) is 22.4. The van der Waals surface area contributed by atoms with E-state index in [1.807, 2.05) is 6.92 Å². The van der Waals surface area contributed by atoms with Crippen LogP contribution in [0, 0.1) is 0 Å². The van der Waals surface area contributed by atoms with Crippen molar-refractivity contribution in [3.63, 3.8) is 0 Å². The number of carbonyl (C=O) groups is 1. The Labute approximate surface area is 234 Å². The largest absolute Gasteiger partial charge is 0.461 e. The molecule has 1 unspecified atom stereocenters. The van der Waals surface area contributed by atoms with Crippen molar-refractivity contribution >= 4 is 17.7 Å². The molecule has 9 nitrogen and oxygen atoms in total. The van der Waals surface area contributed by atoms with Crippen LogP contribution < -0.4 is 5.32 Å². The van der Waals surface area contributed by atoms with Crippen LogP contribution in [0.3, 0.4) is 0 Å². The van der Waals surface area contributed by atoms with Crippen molar-refractivity contribution in [2.75, 3.05) is 19.6 Å². The van der Waals surface area contributed by atoms with E-state index in [1.54, 1.807) is 12.1 Å². The van der Waals surface area contributed by atoms with Crippen LogP contribution in [0.5, 0.6) is 0 Å². The molecule has 0 fully saturated rings. The molecule has 1 atom stereocenters. The predicted octanol–water partition coefficient (Wildman–Crippen LogP) is 6.07. The Bertz CT molecular complexity index is 1380. The number of hydrogen-bond donors (Lipinski definition) is 1. The normalized spacial score (nSPS) is 12.7. The second-order valence-electron chi connectivity index (χ2n) is 9.13. The van der Waals surface area contributed by atoms with Crippen LogP contribution in [0.1, 0.15) is 55.6 Å². The third-order valence-electron chi connectivity index (χ3n) is 6.30. The van der Waals surface area contributed by atoms with Gasteiger partial charge >= 0.3 is 6.18 Å². The molecule has 4 aromatic rings. The number of thioether (sulfide) groups is 1. The molecular weight excluding hydrogens is 545 g/mol. The molecule has 4 rings (SSSR count). The monoisotopic (exact) mass is 576 g/mol. The minimum Gasteiger partial charge on any atom is -0.461 e. The van der Waals surface area contributed by atoms with Gasteiger partial charge in [0.05, 0.1) is 23.3 Å². The summed E-state index contributed by atoms with van der Waals surface area (Å²) in [4.78, 5) is 19.3. The van der Waals surface area contributed by atoms with Crippen molar-refractivity contribution in [2.24, 2.45) is 0 Å². The van der Waals surface area contributed by atoms with Crippen LogP contribution >= 0.6 is 11.8 Å². The Morgan fingerprint density at radius 2 is 1.95 bits per heavy atom. The minimum atomic E-state index is -4.51. The quantitative estimate of drug-likeness (QED) is 0.192. The van der Waals surface area contributed by atoms with Crippen LogP contribution in [0.15, 0.2) is 62.9 Å². The lowest BCUT2D eigenvalue weighted by Crippen LogP contribution is -2.33. The number of amides is 1. The van der Waals surface area contributed by atoms with Gasteiger partial charge in [-0.15, -0.1) is 10.2 Å². The van der Waals surface area contributed by atoms with Gasteiger partial charge in [0.25, 0.3) is 5.91 Å². The molecule has 3 aromatic heterocycles. The molecule has 40 heavy (non-hydrogen) atoms. The van der Waals surface area contributed by atoms with Gasteiger partial charge in [0.2, 0.25) is 11.7 Å². The molecule has 0 aliphatic rings. The van der Waals surface area contributed by atoms with E-state index < -0.39 is 11.7 Å². The second-order valence-corrected chi connectivity index (χ2v) is 10.1. The molecule has 0 radical (unpaired) electrons. The first-order valence-corrected chi connectivity index (χ1v) is 14.0. The number of halogens is 3. The number of aromatic nitrogens is 4. The summed E-state index contributed by atoms with van der Waals surface area (Å²) in [5, 5.41) is 11.6. The van der Waals surface area contributed by atoms with Gasteiger partial charge in [-0.2, -0.15) is 13.2 Å². The standard InChI is InChI=1S/C27H31F3N6O3S/c1-4-35(5-2)13-7-9-18(3)31-25(37)21-16-39-23(32-21)17-40-26-34-33-24(22-12-8-14-38-22)36(26)20-11-6-10-19(15-20)27(28,29)30/h6,8,10-12,14-16,18H,4-5,7,9,13,17H2,1-3H3,(H,31,37). The fourth-order valence-electron chi connectivity index (χ4n) is 4.12. The number of oxazole rings is 1. The molecule has 0 saturated carbocycles. The molecule has 0 aliphatic heterocycles.